The summed E-state index contributed by atoms with van der Waals surface area (Å²) in [5, 5.41) is 12.4. The van der Waals surface area contributed by atoms with Crippen LogP contribution in [0.2, 0.25) is 0 Å². The fourth-order valence-corrected chi connectivity index (χ4v) is 2.66. The van der Waals surface area contributed by atoms with Crippen molar-refractivity contribution in [2.24, 2.45) is 5.92 Å². The van der Waals surface area contributed by atoms with Crippen LogP contribution in [0.5, 0.6) is 0 Å². The second-order valence-corrected chi connectivity index (χ2v) is 5.33. The second kappa shape index (κ2) is 6.36. The molecule has 4 nitrogen and oxygen atoms in total. The molecule has 0 aliphatic heterocycles. The zero-order valence-corrected chi connectivity index (χ0v) is 11.4. The monoisotopic (exact) mass is 242 g/mol. The molecule has 2 N–H and O–H groups in total. The highest BCUT2D eigenvalue weighted by atomic mass is 16.4. The summed E-state index contributed by atoms with van der Waals surface area (Å²) in [7, 11) is 4.08. The first-order valence-electron chi connectivity index (χ1n) is 6.59. The fourth-order valence-electron chi connectivity index (χ4n) is 2.66. The summed E-state index contributed by atoms with van der Waals surface area (Å²) < 4.78 is 0. The van der Waals surface area contributed by atoms with Crippen LogP contribution in [0.4, 0.5) is 0 Å². The third kappa shape index (κ3) is 3.68. The van der Waals surface area contributed by atoms with Crippen LogP contribution in [0.15, 0.2) is 0 Å². The van der Waals surface area contributed by atoms with Crippen molar-refractivity contribution in [3.63, 3.8) is 0 Å². The maximum Gasteiger partial charge on any atom is 0.307 e. The maximum absolute atomic E-state index is 11.0. The van der Waals surface area contributed by atoms with Crippen molar-refractivity contribution in [2.75, 3.05) is 14.1 Å². The number of hydrogen-bond donors (Lipinski definition) is 2. The Kier molecular flexibility index (Phi) is 5.40. The van der Waals surface area contributed by atoms with E-state index in [4.69, 9.17) is 5.11 Å². The first kappa shape index (κ1) is 14.5. The van der Waals surface area contributed by atoms with Crippen molar-refractivity contribution < 1.29 is 9.90 Å². The molecule has 0 aromatic carbocycles. The van der Waals surface area contributed by atoms with Gasteiger partial charge in [0, 0.05) is 18.1 Å². The van der Waals surface area contributed by atoms with Gasteiger partial charge in [0.1, 0.15) is 0 Å². The third-order valence-corrected chi connectivity index (χ3v) is 4.44. The number of carbonyl (C=O) groups is 1. The smallest absolute Gasteiger partial charge is 0.307 e. The lowest BCUT2D eigenvalue weighted by atomic mass is 9.88. The Bertz CT molecular complexity index is 250. The third-order valence-electron chi connectivity index (χ3n) is 4.44. The summed E-state index contributed by atoms with van der Waals surface area (Å²) in [6.07, 6.45) is 4.72. The Hall–Kier alpha value is -0.610. The Morgan fingerprint density at radius 3 is 2.24 bits per heavy atom. The molecule has 1 aliphatic rings. The Balaban J connectivity index is 2.48. The van der Waals surface area contributed by atoms with Crippen LogP contribution >= 0.6 is 0 Å². The molecule has 0 spiro atoms. The van der Waals surface area contributed by atoms with Crippen LogP contribution < -0.4 is 5.32 Å². The fraction of sp³-hybridized carbons (Fsp3) is 0.923. The van der Waals surface area contributed by atoms with Gasteiger partial charge < -0.3 is 10.4 Å². The summed E-state index contributed by atoms with van der Waals surface area (Å²) >= 11 is 0. The lowest BCUT2D eigenvalue weighted by Crippen LogP contribution is -2.47. The highest BCUT2D eigenvalue weighted by molar-refractivity contribution is 5.70. The molecule has 0 aromatic heterocycles. The van der Waals surface area contributed by atoms with E-state index in [1.165, 1.54) is 25.7 Å². The lowest BCUT2D eigenvalue weighted by molar-refractivity contribution is -0.143. The van der Waals surface area contributed by atoms with Gasteiger partial charge in [0.15, 0.2) is 0 Å². The molecule has 17 heavy (non-hydrogen) atoms. The second-order valence-electron chi connectivity index (χ2n) is 5.33. The average Bonchev–Trinajstić information content (AvgIpc) is 2.36. The lowest BCUT2D eigenvalue weighted by Gasteiger charge is -2.39. The van der Waals surface area contributed by atoms with Crippen LogP contribution in [0.1, 0.15) is 39.5 Å². The summed E-state index contributed by atoms with van der Waals surface area (Å²) in [5.41, 5.74) is 0. The predicted molar refractivity (Wildman–Crippen MR) is 69.1 cm³/mol. The van der Waals surface area contributed by atoms with Crippen LogP contribution in [0, 0.1) is 5.92 Å². The SMILES string of the molecule is CNC1CCC(N(C)C(C)C(C)C(=O)O)CC1. The van der Waals surface area contributed by atoms with E-state index >= 15 is 0 Å². The number of carboxylic acid groups (broad SMARTS) is 1. The highest BCUT2D eigenvalue weighted by Crippen LogP contribution is 2.25. The van der Waals surface area contributed by atoms with E-state index in [1.54, 1.807) is 6.92 Å². The van der Waals surface area contributed by atoms with Crippen LogP contribution in [0.25, 0.3) is 0 Å². The minimum absolute atomic E-state index is 0.101. The number of carboxylic acids is 1. The first-order valence-corrected chi connectivity index (χ1v) is 6.59. The summed E-state index contributed by atoms with van der Waals surface area (Å²) in [6.45, 7) is 3.81. The highest BCUT2D eigenvalue weighted by Gasteiger charge is 2.30. The van der Waals surface area contributed by atoms with Crippen molar-refractivity contribution in [2.45, 2.75) is 57.7 Å². The number of aliphatic carboxylic acids is 1. The van der Waals surface area contributed by atoms with Crippen molar-refractivity contribution in [3.8, 4) is 0 Å². The van der Waals surface area contributed by atoms with Gasteiger partial charge >= 0.3 is 5.97 Å². The zero-order chi connectivity index (χ0) is 13.0. The van der Waals surface area contributed by atoms with Crippen molar-refractivity contribution in [1.29, 1.82) is 0 Å². The molecular weight excluding hydrogens is 216 g/mol. The topological polar surface area (TPSA) is 52.6 Å². The molecule has 1 fully saturated rings. The molecule has 0 bridgehead atoms. The van der Waals surface area contributed by atoms with Crippen LogP contribution in [-0.2, 0) is 4.79 Å². The zero-order valence-electron chi connectivity index (χ0n) is 11.4. The van der Waals surface area contributed by atoms with E-state index in [9.17, 15) is 4.79 Å². The van der Waals surface area contributed by atoms with Gasteiger partial charge in [-0.05, 0) is 46.7 Å². The van der Waals surface area contributed by atoms with Gasteiger partial charge in [-0.15, -0.1) is 0 Å². The molecule has 100 valence electrons. The molecule has 2 atom stereocenters. The molecule has 2 unspecified atom stereocenters. The Morgan fingerprint density at radius 1 is 1.29 bits per heavy atom. The van der Waals surface area contributed by atoms with E-state index in [1.807, 2.05) is 14.0 Å². The Morgan fingerprint density at radius 2 is 1.82 bits per heavy atom. The minimum Gasteiger partial charge on any atom is -0.481 e. The van der Waals surface area contributed by atoms with E-state index in [2.05, 4.69) is 17.3 Å². The van der Waals surface area contributed by atoms with Crippen molar-refractivity contribution in [3.05, 3.63) is 0 Å². The molecule has 1 saturated carbocycles. The first-order chi connectivity index (χ1) is 7.97. The predicted octanol–water partition coefficient (Wildman–Crippen LogP) is 1.56. The van der Waals surface area contributed by atoms with Crippen molar-refractivity contribution in [1.82, 2.24) is 10.2 Å². The van der Waals surface area contributed by atoms with Crippen molar-refractivity contribution >= 4 is 5.97 Å². The molecule has 0 saturated heterocycles. The normalized spacial score (nSPS) is 29.0. The van der Waals surface area contributed by atoms with Gasteiger partial charge in [0.2, 0.25) is 0 Å². The van der Waals surface area contributed by atoms with Gasteiger partial charge in [-0.3, -0.25) is 9.69 Å². The van der Waals surface area contributed by atoms with Crippen LogP contribution in [-0.4, -0.2) is 48.2 Å². The molecular formula is C13H26N2O2. The molecule has 0 amide bonds. The van der Waals surface area contributed by atoms with E-state index in [-0.39, 0.29) is 12.0 Å². The number of hydrogen-bond acceptors (Lipinski definition) is 3. The number of nitrogens with zero attached hydrogens (tertiary/aromatic N) is 1. The van der Waals surface area contributed by atoms with E-state index in [0.29, 0.717) is 12.1 Å². The summed E-state index contributed by atoms with van der Waals surface area (Å²) in [5.74, 6) is -1.00. The summed E-state index contributed by atoms with van der Waals surface area (Å²) in [6, 6.07) is 1.28. The summed E-state index contributed by atoms with van der Waals surface area (Å²) in [4.78, 5) is 13.2. The maximum atomic E-state index is 11.0. The van der Waals surface area contributed by atoms with Gasteiger partial charge in [0.25, 0.3) is 0 Å². The molecule has 0 radical (unpaired) electrons. The quantitative estimate of drug-likeness (QED) is 0.768. The van der Waals surface area contributed by atoms with Gasteiger partial charge in [-0.1, -0.05) is 6.92 Å². The molecule has 1 rings (SSSR count). The average molecular weight is 242 g/mol. The van der Waals surface area contributed by atoms with Gasteiger partial charge in [-0.25, -0.2) is 0 Å². The van der Waals surface area contributed by atoms with Crippen LogP contribution in [0.3, 0.4) is 0 Å². The molecule has 0 aromatic rings. The molecule has 1 aliphatic carbocycles. The van der Waals surface area contributed by atoms with E-state index < -0.39 is 5.97 Å². The van der Waals surface area contributed by atoms with Gasteiger partial charge in [0.05, 0.1) is 5.92 Å². The number of rotatable bonds is 5. The Labute approximate surface area is 104 Å². The largest absolute Gasteiger partial charge is 0.481 e. The van der Waals surface area contributed by atoms with Gasteiger partial charge in [-0.2, -0.15) is 0 Å². The van der Waals surface area contributed by atoms with E-state index in [0.717, 1.165) is 0 Å². The minimum atomic E-state index is -0.701. The molecule has 0 heterocycles. The number of nitrogens with one attached hydrogen (secondary N) is 1. The molecule has 4 heteroatoms. The standard InChI is InChI=1S/C13H26N2O2/c1-9(13(16)17)10(2)15(4)12-7-5-11(14-3)6-8-12/h9-12,14H,5-8H2,1-4H3,(H,16,17).